The van der Waals surface area contributed by atoms with E-state index in [0.717, 1.165) is 30.9 Å². The second-order valence-corrected chi connectivity index (χ2v) is 7.61. The van der Waals surface area contributed by atoms with Gasteiger partial charge in [-0.15, -0.1) is 24.0 Å². The SMILES string of the molecule is CCC(C)NC(=O)c1ccc(CNC(=NC)NCCCOC(C)c2ccccc2)cc1.I. The Hall–Kier alpha value is -2.13. The van der Waals surface area contributed by atoms with E-state index in [4.69, 9.17) is 4.74 Å². The molecular formula is C25H37IN4O2. The van der Waals surface area contributed by atoms with Crippen molar-refractivity contribution in [2.24, 2.45) is 4.99 Å². The molecule has 0 fully saturated rings. The number of benzene rings is 2. The van der Waals surface area contributed by atoms with E-state index in [0.29, 0.717) is 18.7 Å². The molecule has 0 radical (unpaired) electrons. The van der Waals surface area contributed by atoms with Crippen LogP contribution in [0.25, 0.3) is 0 Å². The van der Waals surface area contributed by atoms with Gasteiger partial charge in [-0.25, -0.2) is 0 Å². The van der Waals surface area contributed by atoms with Gasteiger partial charge in [0.1, 0.15) is 0 Å². The zero-order valence-electron chi connectivity index (χ0n) is 19.6. The molecule has 2 unspecified atom stereocenters. The minimum absolute atomic E-state index is 0. The Morgan fingerprint density at radius 2 is 1.72 bits per heavy atom. The molecule has 0 aliphatic rings. The van der Waals surface area contributed by atoms with E-state index < -0.39 is 0 Å². The van der Waals surface area contributed by atoms with Crippen LogP contribution in [0.3, 0.4) is 0 Å². The second kappa shape index (κ2) is 15.6. The molecule has 0 spiro atoms. The van der Waals surface area contributed by atoms with Crippen LogP contribution in [-0.4, -0.2) is 38.1 Å². The highest BCUT2D eigenvalue weighted by Crippen LogP contribution is 2.15. The van der Waals surface area contributed by atoms with E-state index in [-0.39, 0.29) is 42.0 Å². The minimum atomic E-state index is -0.0323. The summed E-state index contributed by atoms with van der Waals surface area (Å²) in [5.41, 5.74) is 2.95. The lowest BCUT2D eigenvalue weighted by atomic mass is 10.1. The molecule has 0 saturated carbocycles. The molecule has 2 rings (SSSR count). The van der Waals surface area contributed by atoms with Crippen molar-refractivity contribution >= 4 is 35.8 Å². The molecule has 0 heterocycles. The van der Waals surface area contributed by atoms with Crippen molar-refractivity contribution in [3.8, 4) is 0 Å². The summed E-state index contributed by atoms with van der Waals surface area (Å²) in [5.74, 6) is 0.713. The number of amides is 1. The van der Waals surface area contributed by atoms with Gasteiger partial charge in [0.2, 0.25) is 0 Å². The molecule has 32 heavy (non-hydrogen) atoms. The number of carbonyl (C=O) groups excluding carboxylic acids is 1. The minimum Gasteiger partial charge on any atom is -0.374 e. The number of hydrogen-bond acceptors (Lipinski definition) is 3. The van der Waals surface area contributed by atoms with E-state index in [2.05, 4.69) is 46.9 Å². The predicted molar refractivity (Wildman–Crippen MR) is 143 cm³/mol. The van der Waals surface area contributed by atoms with Crippen LogP contribution in [0.4, 0.5) is 0 Å². The van der Waals surface area contributed by atoms with E-state index in [1.807, 2.05) is 49.4 Å². The Kier molecular flexibility index (Phi) is 13.6. The first-order valence-corrected chi connectivity index (χ1v) is 11.0. The Morgan fingerprint density at radius 3 is 2.34 bits per heavy atom. The highest BCUT2D eigenvalue weighted by Gasteiger charge is 2.08. The molecule has 0 aliphatic heterocycles. The Labute approximate surface area is 209 Å². The molecule has 0 aliphatic carbocycles. The molecule has 0 bridgehead atoms. The lowest BCUT2D eigenvalue weighted by Crippen LogP contribution is -2.37. The monoisotopic (exact) mass is 552 g/mol. The number of guanidine groups is 1. The maximum absolute atomic E-state index is 12.2. The third-order valence-electron chi connectivity index (χ3n) is 5.14. The van der Waals surface area contributed by atoms with Crippen molar-refractivity contribution in [3.63, 3.8) is 0 Å². The van der Waals surface area contributed by atoms with Gasteiger partial charge in [-0.1, -0.05) is 49.4 Å². The van der Waals surface area contributed by atoms with Crippen molar-refractivity contribution in [2.45, 2.75) is 52.3 Å². The fraction of sp³-hybridized carbons (Fsp3) is 0.440. The lowest BCUT2D eigenvalue weighted by molar-refractivity contribution is 0.0646. The summed E-state index contributed by atoms with van der Waals surface area (Å²) >= 11 is 0. The van der Waals surface area contributed by atoms with Crippen molar-refractivity contribution in [1.29, 1.82) is 0 Å². The first-order valence-electron chi connectivity index (χ1n) is 11.0. The Morgan fingerprint density at radius 1 is 1.03 bits per heavy atom. The molecule has 7 heteroatoms. The molecule has 2 atom stereocenters. The van der Waals surface area contributed by atoms with Crippen LogP contribution in [0.2, 0.25) is 0 Å². The number of ether oxygens (including phenoxy) is 1. The molecular weight excluding hydrogens is 515 g/mol. The van der Waals surface area contributed by atoms with Crippen molar-refractivity contribution < 1.29 is 9.53 Å². The van der Waals surface area contributed by atoms with Gasteiger partial charge < -0.3 is 20.7 Å². The van der Waals surface area contributed by atoms with E-state index in [1.165, 1.54) is 5.56 Å². The smallest absolute Gasteiger partial charge is 0.251 e. The van der Waals surface area contributed by atoms with E-state index in [9.17, 15) is 4.79 Å². The average Bonchev–Trinajstić information content (AvgIpc) is 2.81. The summed E-state index contributed by atoms with van der Waals surface area (Å²) in [6.45, 7) is 8.22. The number of halogens is 1. The molecule has 6 nitrogen and oxygen atoms in total. The second-order valence-electron chi connectivity index (χ2n) is 7.61. The number of nitrogens with zero attached hydrogens (tertiary/aromatic N) is 1. The molecule has 0 aromatic heterocycles. The highest BCUT2D eigenvalue weighted by atomic mass is 127. The van der Waals surface area contributed by atoms with Crippen LogP contribution in [-0.2, 0) is 11.3 Å². The molecule has 176 valence electrons. The molecule has 2 aromatic carbocycles. The van der Waals surface area contributed by atoms with Gasteiger partial charge >= 0.3 is 0 Å². The Bertz CT molecular complexity index is 812. The van der Waals surface area contributed by atoms with Crippen LogP contribution < -0.4 is 16.0 Å². The van der Waals surface area contributed by atoms with Gasteiger partial charge in [0.15, 0.2) is 5.96 Å². The average molecular weight is 553 g/mol. The molecule has 0 saturated heterocycles. The third-order valence-corrected chi connectivity index (χ3v) is 5.14. The summed E-state index contributed by atoms with van der Waals surface area (Å²) < 4.78 is 5.90. The standard InChI is InChI=1S/C25H36N4O2.HI/c1-5-19(2)29-24(30)23-14-12-21(13-15-23)18-28-25(26-4)27-16-9-17-31-20(3)22-10-7-6-8-11-22;/h6-8,10-15,19-20H,5,9,16-18H2,1-4H3,(H,29,30)(H2,26,27,28);1H. The normalized spacial score (nSPS) is 12.9. The van der Waals surface area contributed by atoms with Gasteiger partial charge in [-0.2, -0.15) is 0 Å². The van der Waals surface area contributed by atoms with Crippen molar-refractivity contribution in [2.75, 3.05) is 20.2 Å². The van der Waals surface area contributed by atoms with E-state index >= 15 is 0 Å². The number of aliphatic imine (C=N–C) groups is 1. The van der Waals surface area contributed by atoms with Gasteiger partial charge in [-0.05, 0) is 49.9 Å². The van der Waals surface area contributed by atoms with E-state index in [1.54, 1.807) is 7.05 Å². The van der Waals surface area contributed by atoms with Crippen LogP contribution in [0.5, 0.6) is 0 Å². The fourth-order valence-corrected chi connectivity index (χ4v) is 2.95. The largest absolute Gasteiger partial charge is 0.374 e. The van der Waals surface area contributed by atoms with Gasteiger partial charge in [0, 0.05) is 38.3 Å². The quantitative estimate of drug-likeness (QED) is 0.164. The zero-order valence-corrected chi connectivity index (χ0v) is 21.9. The summed E-state index contributed by atoms with van der Waals surface area (Å²) in [7, 11) is 1.76. The van der Waals surface area contributed by atoms with Crippen LogP contribution in [0.15, 0.2) is 59.6 Å². The number of nitrogens with one attached hydrogen (secondary N) is 3. The van der Waals surface area contributed by atoms with Crippen LogP contribution in [0, 0.1) is 0 Å². The summed E-state index contributed by atoms with van der Waals surface area (Å²) in [6, 6.07) is 18.1. The van der Waals surface area contributed by atoms with Gasteiger partial charge in [0.05, 0.1) is 6.10 Å². The first-order chi connectivity index (χ1) is 15.0. The lowest BCUT2D eigenvalue weighted by Gasteiger charge is -2.15. The maximum atomic E-state index is 12.2. The Balaban J connectivity index is 0.00000512. The van der Waals surface area contributed by atoms with Crippen LogP contribution >= 0.6 is 24.0 Å². The maximum Gasteiger partial charge on any atom is 0.251 e. The fourth-order valence-electron chi connectivity index (χ4n) is 2.95. The highest BCUT2D eigenvalue weighted by molar-refractivity contribution is 14.0. The van der Waals surface area contributed by atoms with Gasteiger partial charge in [-0.3, -0.25) is 9.79 Å². The third kappa shape index (κ3) is 9.99. The molecule has 2 aromatic rings. The number of carbonyl (C=O) groups is 1. The predicted octanol–water partition coefficient (Wildman–Crippen LogP) is 4.67. The first kappa shape index (κ1) is 27.9. The topological polar surface area (TPSA) is 74.8 Å². The van der Waals surface area contributed by atoms with Crippen molar-refractivity contribution in [3.05, 3.63) is 71.3 Å². The summed E-state index contributed by atoms with van der Waals surface area (Å²) in [4.78, 5) is 16.4. The summed E-state index contributed by atoms with van der Waals surface area (Å²) in [5, 5.41) is 9.58. The molecule has 1 amide bonds. The van der Waals surface area contributed by atoms with Gasteiger partial charge in [0.25, 0.3) is 5.91 Å². The number of hydrogen-bond donors (Lipinski definition) is 3. The number of rotatable bonds is 11. The molecule has 3 N–H and O–H groups in total. The van der Waals surface area contributed by atoms with Crippen molar-refractivity contribution in [1.82, 2.24) is 16.0 Å². The zero-order chi connectivity index (χ0) is 22.5. The van der Waals surface area contributed by atoms with Crippen LogP contribution in [0.1, 0.15) is 61.2 Å². The summed E-state index contributed by atoms with van der Waals surface area (Å²) in [6.07, 6.45) is 1.89.